The zero-order valence-corrected chi connectivity index (χ0v) is 16.2. The van der Waals surface area contributed by atoms with E-state index in [1.807, 2.05) is 0 Å². The van der Waals surface area contributed by atoms with E-state index in [2.05, 4.69) is 10.3 Å². The highest BCUT2D eigenvalue weighted by atomic mass is 35.5. The number of aromatic nitrogens is 1. The van der Waals surface area contributed by atoms with Crippen LogP contribution in [0.2, 0.25) is 10.0 Å². The topological polar surface area (TPSA) is 68.3 Å². The van der Waals surface area contributed by atoms with Crippen molar-refractivity contribution in [2.45, 2.75) is 13.8 Å². The van der Waals surface area contributed by atoms with Crippen LogP contribution < -0.4 is 5.32 Å². The minimum atomic E-state index is -0.508. The first-order valence-corrected chi connectivity index (χ1v) is 8.99. The molecule has 0 aliphatic rings. The lowest BCUT2D eigenvalue weighted by atomic mass is 10.1. The Hall–Kier alpha value is -2.63. The van der Waals surface area contributed by atoms with E-state index in [1.54, 1.807) is 43.3 Å². The molecule has 0 unspecified atom stereocenters. The van der Waals surface area contributed by atoms with Gasteiger partial charge in [-0.25, -0.2) is 4.79 Å². The summed E-state index contributed by atoms with van der Waals surface area (Å²) < 4.78 is 5.14. The number of anilines is 2. The zero-order valence-electron chi connectivity index (χ0n) is 14.7. The first kappa shape index (κ1) is 19.1. The molecule has 5 nitrogen and oxygen atoms in total. The first-order chi connectivity index (χ1) is 12.9. The number of halogens is 2. The fourth-order valence-corrected chi connectivity index (χ4v) is 3.20. The molecule has 1 heterocycles. The van der Waals surface area contributed by atoms with Crippen LogP contribution in [0, 0.1) is 0 Å². The Morgan fingerprint density at radius 3 is 2.48 bits per heavy atom. The number of fused-ring (bicyclic) bond motifs is 1. The number of hydrogen-bond acceptors (Lipinski definition) is 5. The standard InChI is InChI=1S/C20H16Cl2N2O3/c1-3-27-20(26)16-10-23-19-15(8-13(21)9-17(19)22)18(16)24-14-6-4-12(5-7-14)11(2)25/h4-10H,3H2,1-2H3,(H,23,24). The Morgan fingerprint density at radius 2 is 1.85 bits per heavy atom. The summed E-state index contributed by atoms with van der Waals surface area (Å²) in [6, 6.07) is 10.2. The molecule has 0 radical (unpaired) electrons. The van der Waals surface area contributed by atoms with E-state index in [4.69, 9.17) is 27.9 Å². The van der Waals surface area contributed by atoms with Gasteiger partial charge >= 0.3 is 5.97 Å². The molecule has 3 rings (SSSR count). The van der Waals surface area contributed by atoms with Gasteiger partial charge in [-0.05, 0) is 50.2 Å². The summed E-state index contributed by atoms with van der Waals surface area (Å²) in [6.45, 7) is 3.47. The minimum absolute atomic E-state index is 0.0262. The molecule has 0 bridgehead atoms. The van der Waals surface area contributed by atoms with Gasteiger partial charge in [0.25, 0.3) is 0 Å². The van der Waals surface area contributed by atoms with Crippen molar-refractivity contribution in [3.8, 4) is 0 Å². The lowest BCUT2D eigenvalue weighted by Crippen LogP contribution is -2.09. The van der Waals surface area contributed by atoms with Gasteiger partial charge in [-0.3, -0.25) is 9.78 Å². The van der Waals surface area contributed by atoms with E-state index in [0.717, 1.165) is 0 Å². The fourth-order valence-electron chi connectivity index (χ4n) is 2.66. The second-order valence-corrected chi connectivity index (χ2v) is 6.65. The third kappa shape index (κ3) is 4.04. The number of benzene rings is 2. The van der Waals surface area contributed by atoms with E-state index in [1.165, 1.54) is 13.1 Å². The number of hydrogen-bond donors (Lipinski definition) is 1. The Balaban J connectivity index is 2.16. The molecule has 27 heavy (non-hydrogen) atoms. The van der Waals surface area contributed by atoms with Crippen LogP contribution >= 0.6 is 23.2 Å². The molecule has 1 aromatic heterocycles. The van der Waals surface area contributed by atoms with Crippen LogP contribution in [0.15, 0.2) is 42.6 Å². The number of carbonyl (C=O) groups is 2. The highest BCUT2D eigenvalue weighted by Gasteiger charge is 2.19. The Labute approximate surface area is 166 Å². The molecule has 3 aromatic rings. The molecule has 1 N–H and O–H groups in total. The number of Topliss-reactive ketones (excluding diaryl/α,β-unsaturated/α-hetero) is 1. The summed E-state index contributed by atoms with van der Waals surface area (Å²) in [7, 11) is 0. The Morgan fingerprint density at radius 1 is 1.15 bits per heavy atom. The summed E-state index contributed by atoms with van der Waals surface area (Å²) >= 11 is 12.4. The van der Waals surface area contributed by atoms with Gasteiger partial charge in [0.2, 0.25) is 0 Å². The van der Waals surface area contributed by atoms with Gasteiger partial charge in [0.15, 0.2) is 5.78 Å². The number of carbonyl (C=O) groups excluding carboxylic acids is 2. The van der Waals surface area contributed by atoms with Crippen molar-refractivity contribution in [1.82, 2.24) is 4.98 Å². The lowest BCUT2D eigenvalue weighted by molar-refractivity contribution is 0.0527. The van der Waals surface area contributed by atoms with Crippen LogP contribution in [0.5, 0.6) is 0 Å². The molecule has 138 valence electrons. The summed E-state index contributed by atoms with van der Waals surface area (Å²) in [4.78, 5) is 28.1. The second-order valence-electron chi connectivity index (χ2n) is 5.81. The van der Waals surface area contributed by atoms with Crippen molar-refractivity contribution in [3.63, 3.8) is 0 Å². The Kier molecular flexibility index (Phi) is 5.63. The van der Waals surface area contributed by atoms with Gasteiger partial charge < -0.3 is 10.1 Å². The summed E-state index contributed by atoms with van der Waals surface area (Å²) in [5.41, 5.74) is 2.54. The SMILES string of the molecule is CCOC(=O)c1cnc2c(Cl)cc(Cl)cc2c1Nc1ccc(C(C)=O)cc1. The molecule has 7 heteroatoms. The van der Waals surface area contributed by atoms with E-state index < -0.39 is 5.97 Å². The van der Waals surface area contributed by atoms with Gasteiger partial charge in [-0.2, -0.15) is 0 Å². The molecule has 0 aliphatic carbocycles. The lowest BCUT2D eigenvalue weighted by Gasteiger charge is -2.15. The van der Waals surface area contributed by atoms with Gasteiger partial charge in [-0.1, -0.05) is 23.2 Å². The Bertz CT molecular complexity index is 1030. The highest BCUT2D eigenvalue weighted by Crippen LogP contribution is 2.35. The smallest absolute Gasteiger partial charge is 0.341 e. The average Bonchev–Trinajstić information content (AvgIpc) is 2.62. The van der Waals surface area contributed by atoms with Gasteiger partial charge in [0, 0.05) is 27.9 Å². The van der Waals surface area contributed by atoms with Crippen LogP contribution in [0.25, 0.3) is 10.9 Å². The third-order valence-electron chi connectivity index (χ3n) is 3.95. The molecular formula is C20H16Cl2N2O3. The van der Waals surface area contributed by atoms with Crippen LogP contribution in [0.3, 0.4) is 0 Å². The monoisotopic (exact) mass is 402 g/mol. The molecule has 0 saturated carbocycles. The number of ketones is 1. The third-order valence-corrected chi connectivity index (χ3v) is 4.45. The van der Waals surface area contributed by atoms with E-state index in [9.17, 15) is 9.59 Å². The van der Waals surface area contributed by atoms with Gasteiger partial charge in [-0.15, -0.1) is 0 Å². The maximum absolute atomic E-state index is 12.4. The van der Waals surface area contributed by atoms with Crippen LogP contribution in [0.1, 0.15) is 34.6 Å². The summed E-state index contributed by atoms with van der Waals surface area (Å²) in [5.74, 6) is -0.535. The molecule has 0 amide bonds. The van der Waals surface area contributed by atoms with Crippen molar-refractivity contribution in [1.29, 1.82) is 0 Å². The van der Waals surface area contributed by atoms with Crippen molar-refractivity contribution in [3.05, 3.63) is 63.8 Å². The fraction of sp³-hybridized carbons (Fsp3) is 0.150. The normalized spacial score (nSPS) is 10.7. The quantitative estimate of drug-likeness (QED) is 0.440. The average molecular weight is 403 g/mol. The number of esters is 1. The first-order valence-electron chi connectivity index (χ1n) is 8.23. The number of rotatable bonds is 5. The molecule has 0 spiro atoms. The zero-order chi connectivity index (χ0) is 19.6. The molecule has 0 atom stereocenters. The predicted molar refractivity (Wildman–Crippen MR) is 107 cm³/mol. The minimum Gasteiger partial charge on any atom is -0.462 e. The van der Waals surface area contributed by atoms with Crippen LogP contribution in [-0.4, -0.2) is 23.3 Å². The van der Waals surface area contributed by atoms with Crippen LogP contribution in [-0.2, 0) is 4.74 Å². The molecular weight excluding hydrogens is 387 g/mol. The molecule has 0 saturated heterocycles. The van der Waals surface area contributed by atoms with Gasteiger partial charge in [0.1, 0.15) is 5.56 Å². The summed E-state index contributed by atoms with van der Waals surface area (Å²) in [5, 5.41) is 4.60. The van der Waals surface area contributed by atoms with E-state index in [0.29, 0.717) is 37.9 Å². The largest absolute Gasteiger partial charge is 0.462 e. The maximum Gasteiger partial charge on any atom is 0.341 e. The number of pyridine rings is 1. The van der Waals surface area contributed by atoms with E-state index in [-0.39, 0.29) is 18.0 Å². The second kappa shape index (κ2) is 7.94. The van der Waals surface area contributed by atoms with Crippen molar-refractivity contribution < 1.29 is 14.3 Å². The van der Waals surface area contributed by atoms with Crippen molar-refractivity contribution in [2.24, 2.45) is 0 Å². The molecule has 0 aliphatic heterocycles. The van der Waals surface area contributed by atoms with Crippen LogP contribution in [0.4, 0.5) is 11.4 Å². The molecule has 0 fully saturated rings. The predicted octanol–water partition coefficient (Wildman–Crippen LogP) is 5.66. The number of nitrogens with zero attached hydrogens (tertiary/aromatic N) is 1. The maximum atomic E-state index is 12.4. The highest BCUT2D eigenvalue weighted by molar-refractivity contribution is 6.38. The van der Waals surface area contributed by atoms with Crippen molar-refractivity contribution >= 4 is 57.2 Å². The number of ether oxygens (including phenoxy) is 1. The number of nitrogens with one attached hydrogen (secondary N) is 1. The van der Waals surface area contributed by atoms with Crippen molar-refractivity contribution in [2.75, 3.05) is 11.9 Å². The molecule has 2 aromatic carbocycles. The van der Waals surface area contributed by atoms with Gasteiger partial charge in [0.05, 0.1) is 22.8 Å². The summed E-state index contributed by atoms with van der Waals surface area (Å²) in [6.07, 6.45) is 1.42. The van der Waals surface area contributed by atoms with E-state index >= 15 is 0 Å².